The van der Waals surface area contributed by atoms with Crippen LogP contribution in [0.15, 0.2) is 12.1 Å². The summed E-state index contributed by atoms with van der Waals surface area (Å²) in [6.45, 7) is 1.33. The summed E-state index contributed by atoms with van der Waals surface area (Å²) in [6.07, 6.45) is 1.42. The lowest BCUT2D eigenvalue weighted by Gasteiger charge is -2.14. The van der Waals surface area contributed by atoms with Gasteiger partial charge < -0.3 is 10.2 Å². The van der Waals surface area contributed by atoms with Crippen LogP contribution in [0, 0.1) is 0 Å². The molecule has 0 radical (unpaired) electrons. The van der Waals surface area contributed by atoms with Crippen molar-refractivity contribution in [3.8, 4) is 0 Å². The number of carbonyl (C=O) groups excluding carboxylic acids is 2. The SMILES string of the molecule is O=C(CN1CCCC1=O)NCc1ccc(Cl)s1. The zero-order valence-electron chi connectivity index (χ0n) is 9.24. The molecule has 1 saturated heterocycles. The monoisotopic (exact) mass is 272 g/mol. The van der Waals surface area contributed by atoms with Gasteiger partial charge in [-0.15, -0.1) is 11.3 Å². The number of rotatable bonds is 4. The van der Waals surface area contributed by atoms with E-state index in [1.807, 2.05) is 6.07 Å². The molecule has 1 N–H and O–H groups in total. The van der Waals surface area contributed by atoms with E-state index in [1.165, 1.54) is 11.3 Å². The summed E-state index contributed by atoms with van der Waals surface area (Å²) in [5.41, 5.74) is 0. The maximum atomic E-state index is 11.6. The predicted octanol–water partition coefficient (Wildman–Crippen LogP) is 1.64. The molecular weight excluding hydrogens is 260 g/mol. The standard InChI is InChI=1S/C11H13ClN2O2S/c12-9-4-3-8(17-9)6-13-10(15)7-14-5-1-2-11(14)16/h3-4H,1-2,5-7H2,(H,13,15). The van der Waals surface area contributed by atoms with Gasteiger partial charge in [0.25, 0.3) is 0 Å². The van der Waals surface area contributed by atoms with Crippen LogP contribution in [0.3, 0.4) is 0 Å². The van der Waals surface area contributed by atoms with E-state index < -0.39 is 0 Å². The Hall–Kier alpha value is -1.07. The first-order valence-corrected chi connectivity index (χ1v) is 6.63. The van der Waals surface area contributed by atoms with Gasteiger partial charge in [0.2, 0.25) is 11.8 Å². The van der Waals surface area contributed by atoms with Crippen LogP contribution in [0.25, 0.3) is 0 Å². The maximum Gasteiger partial charge on any atom is 0.239 e. The number of halogens is 1. The van der Waals surface area contributed by atoms with Gasteiger partial charge in [-0.25, -0.2) is 0 Å². The number of nitrogens with zero attached hydrogens (tertiary/aromatic N) is 1. The van der Waals surface area contributed by atoms with Crippen molar-refractivity contribution in [1.29, 1.82) is 0 Å². The van der Waals surface area contributed by atoms with Crippen molar-refractivity contribution < 1.29 is 9.59 Å². The van der Waals surface area contributed by atoms with E-state index in [-0.39, 0.29) is 18.4 Å². The minimum atomic E-state index is -0.121. The van der Waals surface area contributed by atoms with Crippen LogP contribution in [-0.2, 0) is 16.1 Å². The Morgan fingerprint density at radius 1 is 1.53 bits per heavy atom. The predicted molar refractivity (Wildman–Crippen MR) is 67.0 cm³/mol. The molecule has 92 valence electrons. The summed E-state index contributed by atoms with van der Waals surface area (Å²) in [6, 6.07) is 3.69. The molecule has 0 atom stereocenters. The molecule has 0 aliphatic carbocycles. The quantitative estimate of drug-likeness (QED) is 0.906. The average molecular weight is 273 g/mol. The topological polar surface area (TPSA) is 49.4 Å². The Kier molecular flexibility index (Phi) is 4.02. The van der Waals surface area contributed by atoms with Crippen molar-refractivity contribution in [3.05, 3.63) is 21.3 Å². The number of thiophene rings is 1. The van der Waals surface area contributed by atoms with E-state index >= 15 is 0 Å². The van der Waals surface area contributed by atoms with Crippen LogP contribution in [0.2, 0.25) is 4.34 Å². The van der Waals surface area contributed by atoms with Crippen LogP contribution in [-0.4, -0.2) is 29.8 Å². The minimum absolute atomic E-state index is 0.0688. The second-order valence-corrected chi connectivity index (χ2v) is 5.70. The highest BCUT2D eigenvalue weighted by Crippen LogP contribution is 2.20. The molecule has 0 spiro atoms. The number of hydrogen-bond donors (Lipinski definition) is 1. The molecule has 1 aliphatic heterocycles. The molecule has 1 aromatic heterocycles. The van der Waals surface area contributed by atoms with E-state index in [0.717, 1.165) is 11.3 Å². The first kappa shape index (κ1) is 12.4. The van der Waals surface area contributed by atoms with E-state index in [9.17, 15) is 9.59 Å². The van der Waals surface area contributed by atoms with Gasteiger partial charge in [-0.2, -0.15) is 0 Å². The van der Waals surface area contributed by atoms with Crippen LogP contribution in [0.1, 0.15) is 17.7 Å². The lowest BCUT2D eigenvalue weighted by atomic mass is 10.4. The lowest BCUT2D eigenvalue weighted by molar-refractivity contribution is -0.133. The number of hydrogen-bond acceptors (Lipinski definition) is 3. The fraction of sp³-hybridized carbons (Fsp3) is 0.455. The van der Waals surface area contributed by atoms with Gasteiger partial charge in [-0.3, -0.25) is 9.59 Å². The number of likely N-dealkylation sites (tertiary alicyclic amines) is 1. The van der Waals surface area contributed by atoms with Gasteiger partial charge in [0.15, 0.2) is 0 Å². The molecule has 0 saturated carbocycles. The number of nitrogens with one attached hydrogen (secondary N) is 1. The Labute approximate surface area is 109 Å². The van der Waals surface area contributed by atoms with Gasteiger partial charge in [0.05, 0.1) is 17.4 Å². The molecule has 0 unspecified atom stereocenters. The molecule has 1 fully saturated rings. The van der Waals surface area contributed by atoms with Crippen molar-refractivity contribution in [1.82, 2.24) is 10.2 Å². The van der Waals surface area contributed by atoms with Crippen LogP contribution in [0.5, 0.6) is 0 Å². The third kappa shape index (κ3) is 3.44. The second-order valence-electron chi connectivity index (χ2n) is 3.90. The molecule has 6 heteroatoms. The summed E-state index contributed by atoms with van der Waals surface area (Å²) in [5, 5.41) is 2.78. The highest BCUT2D eigenvalue weighted by atomic mass is 35.5. The van der Waals surface area contributed by atoms with Crippen molar-refractivity contribution in [2.45, 2.75) is 19.4 Å². The van der Waals surface area contributed by atoms with Gasteiger partial charge in [-0.05, 0) is 18.6 Å². The van der Waals surface area contributed by atoms with Gasteiger partial charge >= 0.3 is 0 Å². The molecule has 1 aliphatic rings. The maximum absolute atomic E-state index is 11.6. The summed E-state index contributed by atoms with van der Waals surface area (Å²) in [4.78, 5) is 25.5. The third-order valence-corrected chi connectivity index (χ3v) is 3.83. The zero-order valence-corrected chi connectivity index (χ0v) is 10.8. The van der Waals surface area contributed by atoms with Crippen molar-refractivity contribution >= 4 is 34.8 Å². The first-order valence-electron chi connectivity index (χ1n) is 5.44. The molecule has 0 bridgehead atoms. The number of carbonyl (C=O) groups is 2. The Morgan fingerprint density at radius 3 is 2.94 bits per heavy atom. The molecule has 2 heterocycles. The van der Waals surface area contributed by atoms with Crippen molar-refractivity contribution in [2.75, 3.05) is 13.1 Å². The summed E-state index contributed by atoms with van der Waals surface area (Å²) >= 11 is 7.23. The Balaban J connectivity index is 1.76. The van der Waals surface area contributed by atoms with Gasteiger partial charge in [0, 0.05) is 17.8 Å². The fourth-order valence-corrected chi connectivity index (χ4v) is 2.76. The van der Waals surface area contributed by atoms with Crippen molar-refractivity contribution in [2.24, 2.45) is 0 Å². The van der Waals surface area contributed by atoms with Gasteiger partial charge in [0.1, 0.15) is 0 Å². The molecule has 1 aromatic rings. The van der Waals surface area contributed by atoms with Crippen LogP contribution in [0.4, 0.5) is 0 Å². The van der Waals surface area contributed by atoms with E-state index in [4.69, 9.17) is 11.6 Å². The van der Waals surface area contributed by atoms with E-state index in [0.29, 0.717) is 23.8 Å². The fourth-order valence-electron chi connectivity index (χ4n) is 1.73. The summed E-state index contributed by atoms with van der Waals surface area (Å²) < 4.78 is 0.712. The highest BCUT2D eigenvalue weighted by Gasteiger charge is 2.22. The van der Waals surface area contributed by atoms with Crippen LogP contribution < -0.4 is 5.32 Å². The molecule has 2 rings (SSSR count). The lowest BCUT2D eigenvalue weighted by Crippen LogP contribution is -2.37. The molecule has 17 heavy (non-hydrogen) atoms. The Morgan fingerprint density at radius 2 is 2.35 bits per heavy atom. The number of amides is 2. The third-order valence-electron chi connectivity index (χ3n) is 2.59. The summed E-state index contributed by atoms with van der Waals surface area (Å²) in [7, 11) is 0. The minimum Gasteiger partial charge on any atom is -0.350 e. The zero-order chi connectivity index (χ0) is 12.3. The first-order chi connectivity index (χ1) is 8.15. The Bertz CT molecular complexity index is 433. The molecular formula is C11H13ClN2O2S. The second kappa shape index (κ2) is 5.51. The smallest absolute Gasteiger partial charge is 0.239 e. The average Bonchev–Trinajstić information content (AvgIpc) is 2.86. The normalized spacial score (nSPS) is 15.4. The molecule has 4 nitrogen and oxygen atoms in total. The largest absolute Gasteiger partial charge is 0.350 e. The molecule has 0 aromatic carbocycles. The van der Waals surface area contributed by atoms with Gasteiger partial charge in [-0.1, -0.05) is 11.6 Å². The summed E-state index contributed by atoms with van der Waals surface area (Å²) in [5.74, 6) is -0.0518. The molecule has 2 amide bonds. The van der Waals surface area contributed by atoms with Crippen molar-refractivity contribution in [3.63, 3.8) is 0 Å². The van der Waals surface area contributed by atoms with E-state index in [2.05, 4.69) is 5.32 Å². The highest BCUT2D eigenvalue weighted by molar-refractivity contribution is 7.16. The van der Waals surface area contributed by atoms with Crippen LogP contribution >= 0.6 is 22.9 Å². The van der Waals surface area contributed by atoms with E-state index in [1.54, 1.807) is 11.0 Å².